The van der Waals surface area contributed by atoms with Crippen molar-refractivity contribution in [2.75, 3.05) is 0 Å². The molecule has 0 bridgehead atoms. The Kier molecular flexibility index (Phi) is 408. The molecular formula is Ag2Cr2Ni2O6Ti3. The van der Waals surface area contributed by atoms with Crippen molar-refractivity contribution in [1.82, 2.24) is 0 Å². The molecule has 15 heavy (non-hydrogen) atoms. The molecule has 15 heteroatoms. The van der Waals surface area contributed by atoms with Gasteiger partial charge in [-0.3, -0.25) is 0 Å². The van der Waals surface area contributed by atoms with E-state index >= 15 is 0 Å². The Balaban J connectivity index is -0.00000000429. The van der Waals surface area contributed by atoms with E-state index < -0.39 is 57.3 Å². The molecule has 0 saturated heterocycles. The molecule has 0 aliphatic carbocycles. The van der Waals surface area contributed by atoms with Gasteiger partial charge in [-0.05, 0) is 0 Å². The summed E-state index contributed by atoms with van der Waals surface area (Å²) in [5.74, 6) is 0. The van der Waals surface area contributed by atoms with Gasteiger partial charge < -0.3 is 0 Å². The summed E-state index contributed by atoms with van der Waals surface area (Å²) in [5.41, 5.74) is 0. The summed E-state index contributed by atoms with van der Waals surface area (Å²) in [4.78, 5) is 0. The molecule has 0 amide bonds. The van der Waals surface area contributed by atoms with Crippen LogP contribution >= 0.6 is 0 Å². The maximum atomic E-state index is 8.50. The molecule has 0 saturated carbocycles. The SMILES string of the molecule is [Ag].[Ag].[Cr].[Cr].[Ni].[Ni].[O]=[Ti]=[O].[O]=[Ti]=[O].[O]=[Ti]=[O]. The van der Waals surface area contributed by atoms with Gasteiger partial charge in [-0.15, -0.1) is 0 Å². The molecule has 0 N–H and O–H groups in total. The Morgan fingerprint density at radius 1 is 0.467 bits per heavy atom. The fourth-order valence-electron chi connectivity index (χ4n) is 0. The first-order valence-electron chi connectivity index (χ1n) is 1.22. The van der Waals surface area contributed by atoms with E-state index in [1.165, 1.54) is 0 Å². The fraction of sp³-hybridized carbons (Fsp3) is 0. The van der Waals surface area contributed by atoms with Gasteiger partial charge in [0, 0.05) is 112 Å². The summed E-state index contributed by atoms with van der Waals surface area (Å²) in [7, 11) is 0. The number of hydrogen-bond donors (Lipinski definition) is 0. The summed E-state index contributed by atoms with van der Waals surface area (Å²) in [6.45, 7) is 0. The van der Waals surface area contributed by atoms with E-state index in [4.69, 9.17) is 19.9 Å². The van der Waals surface area contributed by atoms with Crippen molar-refractivity contribution < 1.29 is 190 Å². The summed E-state index contributed by atoms with van der Waals surface area (Å²) in [6, 6.07) is 0. The molecule has 0 heterocycles. The molecule has 0 aromatic rings. The van der Waals surface area contributed by atoms with Crippen LogP contribution in [0.25, 0.3) is 0 Å². The second-order valence-corrected chi connectivity index (χ2v) is 1.03. The summed E-state index contributed by atoms with van der Waals surface area (Å²) < 4.78 is 51.0. The molecule has 0 atom stereocenters. The van der Waals surface area contributed by atoms with Crippen molar-refractivity contribution in [3.8, 4) is 0 Å². The van der Waals surface area contributed by atoms with Crippen molar-refractivity contribution in [3.63, 3.8) is 0 Å². The minimum atomic E-state index is -2.00. The predicted octanol–water partition coefficient (Wildman–Crippen LogP) is -0.735. The predicted molar refractivity (Wildman–Crippen MR) is 4.12 cm³/mol. The van der Waals surface area contributed by atoms with Crippen LogP contribution in [0.2, 0.25) is 0 Å². The van der Waals surface area contributed by atoms with Crippen LogP contribution in [0.4, 0.5) is 0 Å². The van der Waals surface area contributed by atoms with E-state index in [-0.39, 0.29) is 112 Å². The quantitative estimate of drug-likeness (QED) is 0.314. The zero-order valence-corrected chi connectivity index (χ0v) is 18.2. The van der Waals surface area contributed by atoms with Gasteiger partial charge in [-0.2, -0.15) is 0 Å². The second-order valence-electron chi connectivity index (χ2n) is 0.250. The summed E-state index contributed by atoms with van der Waals surface area (Å²) in [5, 5.41) is 0. The molecule has 0 fully saturated rings. The molecule has 2 radical (unpaired) electrons. The van der Waals surface area contributed by atoms with Crippen LogP contribution in [-0.2, 0) is 190 Å². The standard InChI is InChI=1S/2Ag.2Cr.2Ni.6O.3Ti. The third-order valence-corrected chi connectivity index (χ3v) is 0. The van der Waals surface area contributed by atoms with Crippen LogP contribution in [0.1, 0.15) is 0 Å². The van der Waals surface area contributed by atoms with Crippen LogP contribution in [-0.4, -0.2) is 0 Å². The molecular weight excluding hydrogens is 677 g/mol. The molecule has 0 aliphatic heterocycles. The van der Waals surface area contributed by atoms with Gasteiger partial charge in [0.15, 0.2) is 0 Å². The van der Waals surface area contributed by atoms with Crippen LogP contribution in [0.15, 0.2) is 0 Å². The molecule has 102 valence electrons. The van der Waals surface area contributed by atoms with Crippen LogP contribution in [0.5, 0.6) is 0 Å². The zero-order valence-electron chi connectivity index (χ0n) is 6.00. The van der Waals surface area contributed by atoms with Gasteiger partial charge in [0.25, 0.3) is 0 Å². The van der Waals surface area contributed by atoms with E-state index in [1.54, 1.807) is 0 Å². The number of rotatable bonds is 0. The second kappa shape index (κ2) is 101. The van der Waals surface area contributed by atoms with Gasteiger partial charge in [0.2, 0.25) is 0 Å². The molecule has 0 unspecified atom stereocenters. The van der Waals surface area contributed by atoms with Gasteiger partial charge in [-0.25, -0.2) is 0 Å². The topological polar surface area (TPSA) is 102 Å². The Bertz CT molecular complexity index is 124. The van der Waals surface area contributed by atoms with Crippen LogP contribution in [0.3, 0.4) is 0 Å². The molecule has 0 spiro atoms. The Morgan fingerprint density at radius 2 is 0.467 bits per heavy atom. The van der Waals surface area contributed by atoms with E-state index in [0.717, 1.165) is 0 Å². The van der Waals surface area contributed by atoms with Gasteiger partial charge in [-0.1, -0.05) is 0 Å². The molecule has 0 rings (SSSR count). The van der Waals surface area contributed by atoms with Gasteiger partial charge in [0.1, 0.15) is 0 Å². The first-order chi connectivity index (χ1) is 4.24. The normalized spacial score (nSPS) is 1.60. The third-order valence-electron chi connectivity index (χ3n) is 0. The fourth-order valence-corrected chi connectivity index (χ4v) is 0. The molecule has 0 aromatic carbocycles. The molecule has 0 aliphatic rings. The van der Waals surface area contributed by atoms with Crippen molar-refractivity contribution in [2.45, 2.75) is 0 Å². The molecule has 0 aromatic heterocycles. The monoisotopic (exact) mass is 673 g/mol. The first-order valence-corrected chi connectivity index (χ1v) is 5.05. The Hall–Kier alpha value is 4.48. The van der Waals surface area contributed by atoms with Crippen LogP contribution < -0.4 is 0 Å². The van der Waals surface area contributed by atoms with E-state index in [9.17, 15) is 0 Å². The van der Waals surface area contributed by atoms with Crippen LogP contribution in [0, 0.1) is 0 Å². The zero-order chi connectivity index (χ0) is 8.12. The van der Waals surface area contributed by atoms with Gasteiger partial charge >= 0.3 is 77.2 Å². The average molecular weight is 677 g/mol. The molecule has 6 nitrogen and oxygen atoms in total. The van der Waals surface area contributed by atoms with E-state index in [0.29, 0.717) is 0 Å². The third kappa shape index (κ3) is 250. The van der Waals surface area contributed by atoms with E-state index in [1.807, 2.05) is 0 Å². The first kappa shape index (κ1) is 60.6. The summed E-state index contributed by atoms with van der Waals surface area (Å²) >= 11 is -6.00. The van der Waals surface area contributed by atoms with Crippen molar-refractivity contribution in [2.24, 2.45) is 0 Å². The Labute approximate surface area is 186 Å². The number of hydrogen-bond acceptors (Lipinski definition) is 6. The Morgan fingerprint density at radius 3 is 0.467 bits per heavy atom. The van der Waals surface area contributed by atoms with Crippen molar-refractivity contribution in [3.05, 3.63) is 0 Å². The minimum absolute atomic E-state index is 0. The average Bonchev–Trinajstić information content (AvgIpc) is 1.70. The van der Waals surface area contributed by atoms with Gasteiger partial charge in [0.05, 0.1) is 0 Å². The van der Waals surface area contributed by atoms with Crippen molar-refractivity contribution in [1.29, 1.82) is 0 Å². The van der Waals surface area contributed by atoms with Crippen molar-refractivity contribution >= 4 is 0 Å². The summed E-state index contributed by atoms with van der Waals surface area (Å²) in [6.07, 6.45) is 0. The maximum absolute atomic E-state index is 8.50. The van der Waals surface area contributed by atoms with E-state index in [2.05, 4.69) is 0 Å².